The van der Waals surface area contributed by atoms with Crippen LogP contribution in [0.4, 0.5) is 0 Å². The van der Waals surface area contributed by atoms with Gasteiger partial charge in [0.2, 0.25) is 5.91 Å². The molecule has 98 valence electrons. The Morgan fingerprint density at radius 2 is 2.17 bits per heavy atom. The lowest BCUT2D eigenvalue weighted by Crippen LogP contribution is -2.39. The molecule has 0 aliphatic carbocycles. The van der Waals surface area contributed by atoms with Crippen molar-refractivity contribution in [1.82, 2.24) is 4.90 Å². The molecule has 3 heteroatoms. The quantitative estimate of drug-likeness (QED) is 0.764. The highest BCUT2D eigenvalue weighted by Gasteiger charge is 2.32. The van der Waals surface area contributed by atoms with Gasteiger partial charge in [-0.15, -0.1) is 11.6 Å². The first kappa shape index (κ1) is 13.4. The molecule has 2 rings (SSSR count). The third-order valence-electron chi connectivity index (χ3n) is 3.75. The molecule has 0 spiro atoms. The van der Waals surface area contributed by atoms with Gasteiger partial charge >= 0.3 is 0 Å². The minimum atomic E-state index is -0.0185. The zero-order valence-electron chi connectivity index (χ0n) is 10.8. The Balaban J connectivity index is 2.15. The Bertz CT molecular complexity index is 393. The Morgan fingerprint density at radius 3 is 2.78 bits per heavy atom. The van der Waals surface area contributed by atoms with Gasteiger partial charge in [-0.2, -0.15) is 0 Å². The summed E-state index contributed by atoms with van der Waals surface area (Å²) in [6, 6.07) is 10.3. The van der Waals surface area contributed by atoms with E-state index in [9.17, 15) is 4.79 Å². The number of carbonyl (C=O) groups is 1. The summed E-state index contributed by atoms with van der Waals surface area (Å²) in [6.45, 7) is 2.93. The number of hydrogen-bond acceptors (Lipinski definition) is 1. The van der Waals surface area contributed by atoms with E-state index in [4.69, 9.17) is 11.6 Å². The molecule has 1 heterocycles. The van der Waals surface area contributed by atoms with Gasteiger partial charge in [0.1, 0.15) is 0 Å². The minimum absolute atomic E-state index is 0.0185. The van der Waals surface area contributed by atoms with Crippen molar-refractivity contribution in [3.05, 3.63) is 35.9 Å². The first-order valence-electron chi connectivity index (χ1n) is 6.69. The second-order valence-electron chi connectivity index (χ2n) is 4.85. The minimum Gasteiger partial charge on any atom is -0.338 e. The van der Waals surface area contributed by atoms with E-state index in [1.165, 1.54) is 0 Å². The predicted octanol–water partition coefficient (Wildman–Crippen LogP) is 3.41. The maximum Gasteiger partial charge on any atom is 0.230 e. The fourth-order valence-electron chi connectivity index (χ4n) is 2.72. The third kappa shape index (κ3) is 2.69. The first-order valence-corrected chi connectivity index (χ1v) is 7.22. The van der Waals surface area contributed by atoms with Gasteiger partial charge in [0.05, 0.1) is 5.92 Å². The molecule has 1 saturated heterocycles. The van der Waals surface area contributed by atoms with Crippen LogP contribution in [0, 0.1) is 0 Å². The van der Waals surface area contributed by atoms with Gasteiger partial charge < -0.3 is 4.90 Å². The van der Waals surface area contributed by atoms with E-state index in [2.05, 4.69) is 6.92 Å². The average Bonchev–Trinajstić information content (AvgIpc) is 2.89. The summed E-state index contributed by atoms with van der Waals surface area (Å²) in [4.78, 5) is 14.6. The molecular formula is C15H20ClNO. The predicted molar refractivity (Wildman–Crippen MR) is 74.9 cm³/mol. The van der Waals surface area contributed by atoms with E-state index in [1.54, 1.807) is 0 Å². The Labute approximate surface area is 114 Å². The maximum atomic E-state index is 12.6. The number of nitrogens with zero attached hydrogens (tertiary/aromatic N) is 1. The molecule has 0 saturated carbocycles. The van der Waals surface area contributed by atoms with Crippen LogP contribution in [0.1, 0.15) is 37.7 Å². The molecule has 0 N–H and O–H groups in total. The van der Waals surface area contributed by atoms with Crippen molar-refractivity contribution in [2.24, 2.45) is 0 Å². The standard InChI is InChI=1S/C15H20ClNO/c1-2-14(12-7-4-3-5-8-12)15(18)17-10-6-9-13(17)11-16/h3-5,7-8,13-14H,2,6,9-11H2,1H3. The summed E-state index contributed by atoms with van der Waals surface area (Å²) < 4.78 is 0. The highest BCUT2D eigenvalue weighted by atomic mass is 35.5. The van der Waals surface area contributed by atoms with Crippen LogP contribution in [0.3, 0.4) is 0 Å². The molecule has 1 aliphatic heterocycles. The van der Waals surface area contributed by atoms with E-state index in [1.807, 2.05) is 35.2 Å². The van der Waals surface area contributed by atoms with Gasteiger partial charge in [0.25, 0.3) is 0 Å². The van der Waals surface area contributed by atoms with Crippen LogP contribution in [0.15, 0.2) is 30.3 Å². The fraction of sp³-hybridized carbons (Fsp3) is 0.533. The van der Waals surface area contributed by atoms with Crippen molar-refractivity contribution in [3.8, 4) is 0 Å². The molecule has 1 fully saturated rings. The number of alkyl halides is 1. The number of carbonyl (C=O) groups excluding carboxylic acids is 1. The van der Waals surface area contributed by atoms with Crippen LogP contribution in [-0.4, -0.2) is 29.3 Å². The van der Waals surface area contributed by atoms with Gasteiger partial charge in [-0.05, 0) is 24.8 Å². The van der Waals surface area contributed by atoms with Crippen molar-refractivity contribution in [2.45, 2.75) is 38.1 Å². The molecule has 0 aromatic heterocycles. The van der Waals surface area contributed by atoms with Crippen LogP contribution >= 0.6 is 11.6 Å². The molecule has 1 aliphatic rings. The molecule has 18 heavy (non-hydrogen) atoms. The van der Waals surface area contributed by atoms with E-state index in [0.717, 1.165) is 31.4 Å². The highest BCUT2D eigenvalue weighted by Crippen LogP contribution is 2.27. The smallest absolute Gasteiger partial charge is 0.230 e. The Morgan fingerprint density at radius 1 is 1.44 bits per heavy atom. The van der Waals surface area contributed by atoms with Crippen molar-refractivity contribution in [2.75, 3.05) is 12.4 Å². The van der Waals surface area contributed by atoms with E-state index < -0.39 is 0 Å². The van der Waals surface area contributed by atoms with Crippen LogP contribution in [0.2, 0.25) is 0 Å². The van der Waals surface area contributed by atoms with E-state index >= 15 is 0 Å². The van der Waals surface area contributed by atoms with Gasteiger partial charge in [-0.3, -0.25) is 4.79 Å². The number of halogens is 1. The molecule has 2 unspecified atom stereocenters. The van der Waals surface area contributed by atoms with Crippen LogP contribution < -0.4 is 0 Å². The van der Waals surface area contributed by atoms with Gasteiger partial charge in [-0.1, -0.05) is 37.3 Å². The third-order valence-corrected chi connectivity index (χ3v) is 4.10. The van der Waals surface area contributed by atoms with Crippen molar-refractivity contribution < 1.29 is 4.79 Å². The highest BCUT2D eigenvalue weighted by molar-refractivity contribution is 6.18. The van der Waals surface area contributed by atoms with Crippen molar-refractivity contribution in [1.29, 1.82) is 0 Å². The van der Waals surface area contributed by atoms with Gasteiger partial charge in [-0.25, -0.2) is 0 Å². The van der Waals surface area contributed by atoms with E-state index in [0.29, 0.717) is 5.88 Å². The first-order chi connectivity index (χ1) is 8.77. The normalized spacial score (nSPS) is 21.0. The SMILES string of the molecule is CCC(C(=O)N1CCCC1CCl)c1ccccc1. The fourth-order valence-corrected chi connectivity index (χ4v) is 3.05. The van der Waals surface area contributed by atoms with E-state index in [-0.39, 0.29) is 17.9 Å². The Kier molecular flexibility index (Phi) is 4.65. The lowest BCUT2D eigenvalue weighted by molar-refractivity contribution is -0.133. The van der Waals surface area contributed by atoms with Crippen molar-refractivity contribution in [3.63, 3.8) is 0 Å². The molecule has 1 amide bonds. The van der Waals surface area contributed by atoms with Crippen molar-refractivity contribution >= 4 is 17.5 Å². The zero-order chi connectivity index (χ0) is 13.0. The lowest BCUT2D eigenvalue weighted by Gasteiger charge is -2.27. The molecule has 1 aromatic carbocycles. The van der Waals surface area contributed by atoms with Gasteiger partial charge in [0, 0.05) is 18.5 Å². The molecule has 2 atom stereocenters. The molecular weight excluding hydrogens is 246 g/mol. The summed E-state index contributed by atoms with van der Waals surface area (Å²) in [7, 11) is 0. The van der Waals surface area contributed by atoms with Crippen LogP contribution in [0.5, 0.6) is 0 Å². The van der Waals surface area contributed by atoms with Crippen LogP contribution in [-0.2, 0) is 4.79 Å². The molecule has 0 bridgehead atoms. The topological polar surface area (TPSA) is 20.3 Å². The van der Waals surface area contributed by atoms with Crippen LogP contribution in [0.25, 0.3) is 0 Å². The lowest BCUT2D eigenvalue weighted by atomic mass is 9.95. The summed E-state index contributed by atoms with van der Waals surface area (Å²) >= 11 is 5.95. The molecule has 0 radical (unpaired) electrons. The number of likely N-dealkylation sites (tertiary alicyclic amines) is 1. The second-order valence-corrected chi connectivity index (χ2v) is 5.16. The monoisotopic (exact) mass is 265 g/mol. The second kappa shape index (κ2) is 6.24. The summed E-state index contributed by atoms with van der Waals surface area (Å²) in [5.41, 5.74) is 1.12. The number of hydrogen-bond donors (Lipinski definition) is 0. The number of amides is 1. The zero-order valence-corrected chi connectivity index (χ0v) is 11.6. The number of benzene rings is 1. The molecule has 2 nitrogen and oxygen atoms in total. The van der Waals surface area contributed by atoms with Gasteiger partial charge in [0.15, 0.2) is 0 Å². The largest absolute Gasteiger partial charge is 0.338 e. The average molecular weight is 266 g/mol. The molecule has 1 aromatic rings. The summed E-state index contributed by atoms with van der Waals surface area (Å²) in [5.74, 6) is 0.776. The maximum absolute atomic E-state index is 12.6. The number of rotatable bonds is 4. The Hall–Kier alpha value is -1.02. The summed E-state index contributed by atoms with van der Waals surface area (Å²) in [6.07, 6.45) is 2.96. The summed E-state index contributed by atoms with van der Waals surface area (Å²) in [5, 5.41) is 0.